The molecule has 0 aliphatic heterocycles. The quantitative estimate of drug-likeness (QED) is 0.670. The molecule has 0 saturated heterocycles. The summed E-state index contributed by atoms with van der Waals surface area (Å²) in [6, 6.07) is 8.05. The molecule has 0 bridgehead atoms. The van der Waals surface area contributed by atoms with Crippen LogP contribution in [-0.4, -0.2) is 33.1 Å². The van der Waals surface area contributed by atoms with E-state index < -0.39 is 10.0 Å². The van der Waals surface area contributed by atoms with Gasteiger partial charge in [-0.15, -0.1) is 0 Å². The van der Waals surface area contributed by atoms with Gasteiger partial charge in [0.05, 0.1) is 7.11 Å². The zero-order valence-electron chi connectivity index (χ0n) is 13.7. The summed E-state index contributed by atoms with van der Waals surface area (Å²) in [7, 11) is -2.51. The topological polar surface area (TPSA) is 123 Å². The molecule has 0 aliphatic rings. The van der Waals surface area contributed by atoms with E-state index in [4.69, 9.17) is 9.88 Å². The Hall–Kier alpha value is -2.65. The zero-order chi connectivity index (χ0) is 18.3. The molecule has 1 aromatic heterocycles. The number of nitrogens with one attached hydrogen (secondary N) is 2. The van der Waals surface area contributed by atoms with Crippen molar-refractivity contribution in [1.82, 2.24) is 15.6 Å². The molecule has 0 fully saturated rings. The molecule has 9 heteroatoms. The van der Waals surface area contributed by atoms with E-state index in [-0.39, 0.29) is 16.7 Å². The first-order chi connectivity index (χ1) is 11.9. The van der Waals surface area contributed by atoms with Crippen LogP contribution in [-0.2, 0) is 23.0 Å². The molecule has 0 atom stereocenters. The van der Waals surface area contributed by atoms with E-state index in [2.05, 4.69) is 15.6 Å². The maximum Gasteiger partial charge on any atom is 0.315 e. The highest BCUT2D eigenvalue weighted by Gasteiger charge is 2.15. The lowest BCUT2D eigenvalue weighted by atomic mass is 10.1. The third-order valence-electron chi connectivity index (χ3n) is 3.41. The fourth-order valence-corrected chi connectivity index (χ4v) is 2.91. The largest absolute Gasteiger partial charge is 0.495 e. The van der Waals surface area contributed by atoms with Crippen molar-refractivity contribution in [3.05, 3.63) is 53.9 Å². The fraction of sp³-hybridized carbons (Fsp3) is 0.250. The van der Waals surface area contributed by atoms with E-state index in [0.717, 1.165) is 11.1 Å². The molecule has 25 heavy (non-hydrogen) atoms. The lowest BCUT2D eigenvalue weighted by Gasteiger charge is -2.10. The van der Waals surface area contributed by atoms with Crippen molar-refractivity contribution in [2.75, 3.05) is 13.7 Å². The molecular weight excluding hydrogens is 344 g/mol. The lowest BCUT2D eigenvalue weighted by molar-refractivity contribution is 0.240. The van der Waals surface area contributed by atoms with Gasteiger partial charge >= 0.3 is 6.03 Å². The van der Waals surface area contributed by atoms with Crippen LogP contribution in [0.4, 0.5) is 4.79 Å². The first-order valence-electron chi connectivity index (χ1n) is 7.50. The summed E-state index contributed by atoms with van der Waals surface area (Å²) in [6.07, 6.45) is 3.79. The number of pyridine rings is 1. The summed E-state index contributed by atoms with van der Waals surface area (Å²) in [5.41, 5.74) is 1.61. The minimum Gasteiger partial charge on any atom is -0.495 e. The van der Waals surface area contributed by atoms with E-state index in [1.54, 1.807) is 24.5 Å². The number of sulfonamides is 1. The van der Waals surface area contributed by atoms with Crippen molar-refractivity contribution >= 4 is 16.1 Å². The Balaban J connectivity index is 1.86. The Morgan fingerprint density at radius 1 is 1.24 bits per heavy atom. The lowest BCUT2D eigenvalue weighted by Crippen LogP contribution is -2.36. The number of urea groups is 1. The molecule has 1 heterocycles. The Labute approximate surface area is 146 Å². The minimum absolute atomic E-state index is 0.0754. The second kappa shape index (κ2) is 8.45. The number of carbonyl (C=O) groups is 1. The summed E-state index contributed by atoms with van der Waals surface area (Å²) in [5.74, 6) is 0.188. The summed E-state index contributed by atoms with van der Waals surface area (Å²) in [6.45, 7) is 0.715. The van der Waals surface area contributed by atoms with Crippen LogP contribution < -0.4 is 20.5 Å². The first-order valence-corrected chi connectivity index (χ1v) is 9.05. The Morgan fingerprint density at radius 2 is 2.04 bits per heavy atom. The van der Waals surface area contributed by atoms with Gasteiger partial charge in [-0.05, 0) is 35.7 Å². The Bertz CT molecular complexity index is 825. The molecule has 0 unspecified atom stereocenters. The van der Waals surface area contributed by atoms with Crippen LogP contribution in [0.5, 0.6) is 5.75 Å². The first kappa shape index (κ1) is 18.7. The molecule has 4 N–H and O–H groups in total. The van der Waals surface area contributed by atoms with Gasteiger partial charge in [-0.3, -0.25) is 4.98 Å². The van der Waals surface area contributed by atoms with E-state index in [1.807, 2.05) is 6.07 Å². The number of benzene rings is 1. The highest BCUT2D eigenvalue weighted by Crippen LogP contribution is 2.23. The van der Waals surface area contributed by atoms with Crippen LogP contribution >= 0.6 is 0 Å². The fourth-order valence-electron chi connectivity index (χ4n) is 2.17. The second-order valence-electron chi connectivity index (χ2n) is 5.25. The smallest absolute Gasteiger partial charge is 0.315 e. The minimum atomic E-state index is -3.88. The zero-order valence-corrected chi connectivity index (χ0v) is 14.5. The van der Waals surface area contributed by atoms with Gasteiger partial charge in [-0.1, -0.05) is 12.1 Å². The number of rotatable bonds is 7. The van der Waals surface area contributed by atoms with Crippen molar-refractivity contribution in [3.8, 4) is 5.75 Å². The average Bonchev–Trinajstić information content (AvgIpc) is 2.60. The second-order valence-corrected chi connectivity index (χ2v) is 6.78. The number of nitrogens with two attached hydrogens (primary N) is 1. The molecule has 2 aromatic rings. The summed E-state index contributed by atoms with van der Waals surface area (Å²) < 4.78 is 28.2. The number of nitrogens with zero attached hydrogens (tertiary/aromatic N) is 1. The van der Waals surface area contributed by atoms with Crippen molar-refractivity contribution in [3.63, 3.8) is 0 Å². The van der Waals surface area contributed by atoms with Gasteiger partial charge in [0.2, 0.25) is 10.0 Å². The highest BCUT2D eigenvalue weighted by atomic mass is 32.2. The van der Waals surface area contributed by atoms with Crippen LogP contribution in [0, 0.1) is 0 Å². The van der Waals surface area contributed by atoms with Crippen LogP contribution in [0.2, 0.25) is 0 Å². The molecule has 2 rings (SSSR count). The van der Waals surface area contributed by atoms with Gasteiger partial charge in [-0.2, -0.15) is 0 Å². The molecule has 1 aromatic carbocycles. The number of ether oxygens (including phenoxy) is 1. The molecule has 0 aliphatic carbocycles. The van der Waals surface area contributed by atoms with E-state index in [9.17, 15) is 13.2 Å². The predicted molar refractivity (Wildman–Crippen MR) is 92.5 cm³/mol. The maximum atomic E-state index is 11.8. The number of hydrogen-bond donors (Lipinski definition) is 3. The van der Waals surface area contributed by atoms with E-state index in [0.29, 0.717) is 19.5 Å². The SMILES string of the molecule is COc1ccc(CCNC(=O)NCc2cccnc2)cc1S(N)(=O)=O. The van der Waals surface area contributed by atoms with Crippen molar-refractivity contribution in [2.45, 2.75) is 17.9 Å². The number of carbonyl (C=O) groups excluding carboxylic acids is 1. The Kier molecular flexibility index (Phi) is 6.31. The summed E-state index contributed by atoms with van der Waals surface area (Å²) in [4.78, 5) is 15.6. The normalized spacial score (nSPS) is 11.0. The molecule has 8 nitrogen and oxygen atoms in total. The predicted octanol–water partition coefficient (Wildman–Crippen LogP) is 0.780. The molecule has 0 saturated carbocycles. The van der Waals surface area contributed by atoms with Crippen LogP contribution in [0.15, 0.2) is 47.6 Å². The van der Waals surface area contributed by atoms with E-state index in [1.165, 1.54) is 19.2 Å². The summed E-state index contributed by atoms with van der Waals surface area (Å²) in [5, 5.41) is 10.6. The number of aromatic nitrogens is 1. The van der Waals surface area contributed by atoms with Gasteiger partial charge in [0.15, 0.2) is 0 Å². The average molecular weight is 364 g/mol. The van der Waals surface area contributed by atoms with Crippen LogP contribution in [0.25, 0.3) is 0 Å². The van der Waals surface area contributed by atoms with Crippen molar-refractivity contribution in [2.24, 2.45) is 5.14 Å². The van der Waals surface area contributed by atoms with Gasteiger partial charge in [0, 0.05) is 25.5 Å². The number of methoxy groups -OCH3 is 1. The maximum absolute atomic E-state index is 11.8. The van der Waals surface area contributed by atoms with Crippen LogP contribution in [0.3, 0.4) is 0 Å². The number of primary sulfonamides is 1. The van der Waals surface area contributed by atoms with Gasteiger partial charge in [0.1, 0.15) is 10.6 Å². The number of hydrogen-bond acceptors (Lipinski definition) is 5. The molecule has 0 spiro atoms. The van der Waals surface area contributed by atoms with Gasteiger partial charge in [0.25, 0.3) is 0 Å². The molecule has 0 radical (unpaired) electrons. The third kappa shape index (κ3) is 5.73. The third-order valence-corrected chi connectivity index (χ3v) is 4.34. The van der Waals surface area contributed by atoms with Gasteiger partial charge in [-0.25, -0.2) is 18.4 Å². The van der Waals surface area contributed by atoms with Crippen LogP contribution in [0.1, 0.15) is 11.1 Å². The van der Waals surface area contributed by atoms with Crippen molar-refractivity contribution < 1.29 is 17.9 Å². The molecule has 2 amide bonds. The molecule has 134 valence electrons. The van der Waals surface area contributed by atoms with Gasteiger partial charge < -0.3 is 15.4 Å². The molecular formula is C16H20N4O4S. The monoisotopic (exact) mass is 364 g/mol. The standard InChI is InChI=1S/C16H20N4O4S/c1-24-14-5-4-12(9-15(14)25(17,22)23)6-8-19-16(21)20-11-13-3-2-7-18-10-13/h2-5,7,9-10H,6,8,11H2,1H3,(H2,17,22,23)(H2,19,20,21). The summed E-state index contributed by atoms with van der Waals surface area (Å²) >= 11 is 0. The van der Waals surface area contributed by atoms with Crippen molar-refractivity contribution in [1.29, 1.82) is 0 Å². The van der Waals surface area contributed by atoms with E-state index >= 15 is 0 Å². The highest BCUT2D eigenvalue weighted by molar-refractivity contribution is 7.89. The Morgan fingerprint density at radius 3 is 2.68 bits per heavy atom. The number of amides is 2.